The number of aromatic nitrogens is 2. The Morgan fingerprint density at radius 2 is 2.03 bits per heavy atom. The molecular weight excluding hydrogens is 515 g/mol. The third-order valence-corrected chi connectivity index (χ3v) is 6.15. The predicted molar refractivity (Wildman–Crippen MR) is 135 cm³/mol. The molecule has 0 saturated heterocycles. The van der Waals surface area contributed by atoms with E-state index in [4.69, 9.17) is 26.5 Å². The average Bonchev–Trinajstić information content (AvgIpc) is 3.40. The summed E-state index contributed by atoms with van der Waals surface area (Å²) >= 11 is 6.13. The van der Waals surface area contributed by atoms with E-state index in [2.05, 4.69) is 11.1 Å². The van der Waals surface area contributed by atoms with Gasteiger partial charge in [0.25, 0.3) is 11.5 Å². The number of nitriles is 1. The third-order valence-electron chi connectivity index (χ3n) is 5.92. The lowest BCUT2D eigenvalue weighted by Gasteiger charge is -2.20. The lowest BCUT2D eigenvalue weighted by atomic mass is 9.97. The number of amides is 1. The normalized spacial score (nSPS) is 11.5. The number of oxazole rings is 1. The van der Waals surface area contributed by atoms with Crippen LogP contribution in [-0.2, 0) is 17.6 Å². The fourth-order valence-corrected chi connectivity index (χ4v) is 4.24. The number of ether oxygens (including phenoxy) is 1. The van der Waals surface area contributed by atoms with Gasteiger partial charge in [-0.2, -0.15) is 5.26 Å². The number of nitrogens with zero attached hydrogens (tertiary/aromatic N) is 3. The van der Waals surface area contributed by atoms with E-state index in [1.807, 2.05) is 0 Å². The Labute approximate surface area is 220 Å². The summed E-state index contributed by atoms with van der Waals surface area (Å²) in [7, 11) is 1.39. The molecular formula is C27H20ClFN4O5. The highest BCUT2D eigenvalue weighted by atomic mass is 35.5. The van der Waals surface area contributed by atoms with Crippen molar-refractivity contribution in [3.8, 4) is 22.9 Å². The quantitative estimate of drug-likeness (QED) is 0.343. The molecule has 1 atom stereocenters. The topological polar surface area (TPSA) is 141 Å². The summed E-state index contributed by atoms with van der Waals surface area (Å²) < 4.78 is 26.3. The van der Waals surface area contributed by atoms with Crippen molar-refractivity contribution in [2.45, 2.75) is 18.9 Å². The number of nitrogens with two attached hydrogens (primary N) is 1. The Bertz CT molecular complexity index is 1630. The predicted octanol–water partition coefficient (Wildman–Crippen LogP) is 3.87. The average molecular weight is 535 g/mol. The van der Waals surface area contributed by atoms with Crippen molar-refractivity contribution in [1.82, 2.24) is 9.55 Å². The van der Waals surface area contributed by atoms with Crippen LogP contribution in [-0.4, -0.2) is 28.4 Å². The molecule has 4 rings (SSSR count). The van der Waals surface area contributed by atoms with Crippen molar-refractivity contribution >= 4 is 23.3 Å². The molecule has 0 aliphatic heterocycles. The van der Waals surface area contributed by atoms with E-state index in [0.717, 1.165) is 6.07 Å². The molecule has 2 aromatic carbocycles. The number of primary amides is 1. The molecule has 2 aromatic heterocycles. The van der Waals surface area contributed by atoms with Crippen LogP contribution in [0.1, 0.15) is 33.3 Å². The van der Waals surface area contributed by atoms with Crippen molar-refractivity contribution in [1.29, 1.82) is 5.26 Å². The number of rotatable bonds is 9. The number of halogens is 2. The first kappa shape index (κ1) is 26.3. The number of hydrogen-bond donors (Lipinski definition) is 1. The molecule has 0 aliphatic carbocycles. The molecule has 0 fully saturated rings. The van der Waals surface area contributed by atoms with Crippen LogP contribution in [0.15, 0.2) is 70.5 Å². The fraction of sp³-hybridized carbons (Fsp3) is 0.148. The summed E-state index contributed by atoms with van der Waals surface area (Å²) in [6.45, 7) is 0. The second kappa shape index (κ2) is 11.1. The molecule has 9 nitrogen and oxygen atoms in total. The first-order valence-electron chi connectivity index (χ1n) is 11.2. The molecule has 38 heavy (non-hydrogen) atoms. The van der Waals surface area contributed by atoms with Gasteiger partial charge in [-0.05, 0) is 35.9 Å². The lowest BCUT2D eigenvalue weighted by molar-refractivity contribution is -0.121. The standard InChI is InChI=1S/C27H20ClFN4O5/c1-37-25-13-33(26(35)10-21(25)20-8-17(28)4-3-16(20)11-30)23(9-18-12-32-14-38-18)24(34)7-15-2-5-19(27(31)36)22(29)6-15/h2-6,8,10,12-14,23H,7,9H2,1H3,(H2,31,36). The molecule has 2 heterocycles. The smallest absolute Gasteiger partial charge is 0.252 e. The van der Waals surface area contributed by atoms with Gasteiger partial charge in [-0.15, -0.1) is 0 Å². The zero-order chi connectivity index (χ0) is 27.4. The first-order valence-corrected chi connectivity index (χ1v) is 11.6. The molecule has 0 bridgehead atoms. The van der Waals surface area contributed by atoms with Crippen LogP contribution in [0.2, 0.25) is 5.02 Å². The molecule has 0 saturated carbocycles. The van der Waals surface area contributed by atoms with Gasteiger partial charge >= 0.3 is 0 Å². The van der Waals surface area contributed by atoms with Crippen molar-refractivity contribution in [3.05, 3.63) is 105 Å². The van der Waals surface area contributed by atoms with Crippen LogP contribution < -0.4 is 16.0 Å². The first-order chi connectivity index (χ1) is 18.2. The fourth-order valence-electron chi connectivity index (χ4n) is 4.07. The van der Waals surface area contributed by atoms with E-state index in [0.29, 0.717) is 21.9 Å². The Hall–Kier alpha value is -4.75. The van der Waals surface area contributed by atoms with Crippen LogP contribution in [0.4, 0.5) is 4.39 Å². The summed E-state index contributed by atoms with van der Waals surface area (Å²) in [5, 5.41) is 9.90. The highest BCUT2D eigenvalue weighted by Gasteiger charge is 2.26. The van der Waals surface area contributed by atoms with Gasteiger partial charge in [0.2, 0.25) is 0 Å². The minimum atomic E-state index is -1.08. The number of carbonyl (C=O) groups excluding carboxylic acids is 2. The molecule has 1 amide bonds. The van der Waals surface area contributed by atoms with Gasteiger partial charge in [0.1, 0.15) is 23.4 Å². The monoisotopic (exact) mass is 534 g/mol. The highest BCUT2D eigenvalue weighted by molar-refractivity contribution is 6.31. The van der Waals surface area contributed by atoms with Gasteiger partial charge in [0, 0.05) is 35.1 Å². The van der Waals surface area contributed by atoms with Crippen molar-refractivity contribution in [3.63, 3.8) is 0 Å². The van der Waals surface area contributed by atoms with Gasteiger partial charge < -0.3 is 19.5 Å². The number of pyridine rings is 1. The second-order valence-corrected chi connectivity index (χ2v) is 8.75. The van der Waals surface area contributed by atoms with Crippen molar-refractivity contribution in [2.24, 2.45) is 5.73 Å². The van der Waals surface area contributed by atoms with E-state index in [1.165, 1.54) is 54.7 Å². The zero-order valence-electron chi connectivity index (χ0n) is 20.0. The molecule has 0 spiro atoms. The molecule has 192 valence electrons. The van der Waals surface area contributed by atoms with Crippen molar-refractivity contribution in [2.75, 3.05) is 7.11 Å². The zero-order valence-corrected chi connectivity index (χ0v) is 20.7. The Morgan fingerprint density at radius 3 is 2.66 bits per heavy atom. The summed E-state index contributed by atoms with van der Waals surface area (Å²) in [4.78, 5) is 42.0. The minimum absolute atomic E-state index is 0.0241. The van der Waals surface area contributed by atoms with Gasteiger partial charge in [-0.1, -0.05) is 17.7 Å². The second-order valence-electron chi connectivity index (χ2n) is 8.31. The molecule has 2 N–H and O–H groups in total. The molecule has 4 aromatic rings. The summed E-state index contributed by atoms with van der Waals surface area (Å²) in [6, 6.07) is 10.6. The summed E-state index contributed by atoms with van der Waals surface area (Å²) in [5.41, 5.74) is 5.58. The number of carbonyl (C=O) groups is 2. The van der Waals surface area contributed by atoms with Crippen molar-refractivity contribution < 1.29 is 23.1 Å². The molecule has 11 heteroatoms. The minimum Gasteiger partial charge on any atom is -0.495 e. The Balaban J connectivity index is 1.78. The molecule has 0 aliphatic rings. The number of methoxy groups -OCH3 is 1. The number of Topliss-reactive ketones (excluding diaryl/α,β-unsaturated/α-hetero) is 1. The van der Waals surface area contributed by atoms with E-state index in [-0.39, 0.29) is 35.3 Å². The molecule has 0 radical (unpaired) electrons. The third kappa shape index (κ3) is 5.48. The lowest BCUT2D eigenvalue weighted by Crippen LogP contribution is -2.32. The Morgan fingerprint density at radius 1 is 1.24 bits per heavy atom. The summed E-state index contributed by atoms with van der Waals surface area (Å²) in [5.74, 6) is -1.66. The van der Waals surface area contributed by atoms with E-state index in [9.17, 15) is 24.0 Å². The number of benzene rings is 2. The van der Waals surface area contributed by atoms with Gasteiger partial charge in [0.05, 0.1) is 36.7 Å². The number of ketones is 1. The molecule has 1 unspecified atom stereocenters. The van der Waals surface area contributed by atoms with Gasteiger partial charge in [-0.3, -0.25) is 14.4 Å². The van der Waals surface area contributed by atoms with E-state index < -0.39 is 29.1 Å². The van der Waals surface area contributed by atoms with E-state index in [1.54, 1.807) is 12.1 Å². The van der Waals surface area contributed by atoms with Crippen LogP contribution >= 0.6 is 11.6 Å². The largest absolute Gasteiger partial charge is 0.495 e. The maximum absolute atomic E-state index is 14.3. The van der Waals surface area contributed by atoms with E-state index >= 15 is 0 Å². The van der Waals surface area contributed by atoms with Gasteiger partial charge in [0.15, 0.2) is 12.2 Å². The van der Waals surface area contributed by atoms with Gasteiger partial charge in [-0.25, -0.2) is 9.37 Å². The maximum atomic E-state index is 14.3. The van der Waals surface area contributed by atoms with Crippen LogP contribution in [0.25, 0.3) is 11.1 Å². The highest BCUT2D eigenvalue weighted by Crippen LogP contribution is 2.33. The Kier molecular flexibility index (Phi) is 7.69. The van der Waals surface area contributed by atoms with Crippen LogP contribution in [0.3, 0.4) is 0 Å². The van der Waals surface area contributed by atoms with Crippen LogP contribution in [0.5, 0.6) is 5.75 Å². The SMILES string of the molecule is COc1cn(C(Cc2cnco2)C(=O)Cc2ccc(C(N)=O)c(F)c2)c(=O)cc1-c1cc(Cl)ccc1C#N. The summed E-state index contributed by atoms with van der Waals surface area (Å²) in [6.07, 6.45) is 3.71. The number of hydrogen-bond acceptors (Lipinski definition) is 7. The van der Waals surface area contributed by atoms with Crippen LogP contribution in [0, 0.1) is 17.1 Å². The maximum Gasteiger partial charge on any atom is 0.252 e.